The minimum Gasteiger partial charge on any atom is -0.497 e. The van der Waals surface area contributed by atoms with Gasteiger partial charge in [0.15, 0.2) is 0 Å². The first-order valence-electron chi connectivity index (χ1n) is 7.23. The topological polar surface area (TPSA) is 84.7 Å². The second-order valence-electron chi connectivity index (χ2n) is 5.52. The van der Waals surface area contributed by atoms with Crippen LogP contribution in [0.5, 0.6) is 5.75 Å². The highest BCUT2D eigenvalue weighted by Gasteiger charge is 2.37. The van der Waals surface area contributed by atoms with Gasteiger partial charge >= 0.3 is 0 Å². The highest BCUT2D eigenvalue weighted by molar-refractivity contribution is 7.89. The van der Waals surface area contributed by atoms with Crippen LogP contribution in [0.25, 0.3) is 0 Å². The number of ether oxygens (including phenoxy) is 1. The molecule has 7 nitrogen and oxygen atoms in total. The van der Waals surface area contributed by atoms with Gasteiger partial charge in [0.2, 0.25) is 10.0 Å². The van der Waals surface area contributed by atoms with Crippen LogP contribution in [-0.2, 0) is 30.0 Å². The van der Waals surface area contributed by atoms with Crippen molar-refractivity contribution in [3.8, 4) is 5.75 Å². The summed E-state index contributed by atoms with van der Waals surface area (Å²) in [5.41, 5.74) is 1.69. The second kappa shape index (κ2) is 5.95. The third-order valence-corrected chi connectivity index (χ3v) is 6.04. The molecule has 0 amide bonds. The van der Waals surface area contributed by atoms with Crippen molar-refractivity contribution < 1.29 is 18.3 Å². The van der Waals surface area contributed by atoms with E-state index < -0.39 is 16.1 Å². The van der Waals surface area contributed by atoms with Crippen LogP contribution in [-0.4, -0.2) is 47.1 Å². The number of aliphatic hydroxyl groups excluding tert-OH is 1. The predicted octanol–water partition coefficient (Wildman–Crippen LogP) is 0.537. The molecule has 1 N–H and O–H groups in total. The Bertz CT molecular complexity index is 816. The summed E-state index contributed by atoms with van der Waals surface area (Å²) in [6.07, 6.45) is 2.10. The van der Waals surface area contributed by atoms with E-state index in [0.29, 0.717) is 12.2 Å². The van der Waals surface area contributed by atoms with E-state index in [9.17, 15) is 13.5 Å². The highest BCUT2D eigenvalue weighted by atomic mass is 32.2. The molecule has 124 valence electrons. The van der Waals surface area contributed by atoms with E-state index in [1.54, 1.807) is 18.5 Å². The SMILES string of the molecule is COc1cccc(S(=O)(=O)N2Cc3ncn(C)c3CC2CO)c1. The molecule has 0 aliphatic carbocycles. The van der Waals surface area contributed by atoms with Gasteiger partial charge in [0, 0.05) is 25.2 Å². The molecule has 0 radical (unpaired) electrons. The van der Waals surface area contributed by atoms with Gasteiger partial charge in [-0.05, 0) is 12.1 Å². The summed E-state index contributed by atoms with van der Waals surface area (Å²) in [6.45, 7) is -0.0885. The molecule has 1 aliphatic heterocycles. The Morgan fingerprint density at radius 3 is 2.91 bits per heavy atom. The van der Waals surface area contributed by atoms with Gasteiger partial charge in [-0.3, -0.25) is 0 Å². The van der Waals surface area contributed by atoms with Crippen LogP contribution in [0.4, 0.5) is 0 Å². The lowest BCUT2D eigenvalue weighted by Gasteiger charge is -2.33. The lowest BCUT2D eigenvalue weighted by molar-refractivity contribution is 0.170. The Morgan fingerprint density at radius 2 is 2.22 bits per heavy atom. The number of nitrogens with zero attached hydrogens (tertiary/aromatic N) is 3. The average Bonchev–Trinajstić information content (AvgIpc) is 2.94. The summed E-state index contributed by atoms with van der Waals surface area (Å²) in [5, 5.41) is 9.67. The smallest absolute Gasteiger partial charge is 0.243 e. The first kappa shape index (κ1) is 16.0. The minimum atomic E-state index is -3.75. The van der Waals surface area contributed by atoms with Crippen molar-refractivity contribution in [1.29, 1.82) is 0 Å². The molecule has 1 atom stereocenters. The van der Waals surface area contributed by atoms with Gasteiger partial charge in [-0.2, -0.15) is 4.31 Å². The molecule has 0 saturated carbocycles. The Balaban J connectivity index is 2.01. The molecule has 2 aromatic rings. The van der Waals surface area contributed by atoms with Gasteiger partial charge in [-0.15, -0.1) is 0 Å². The predicted molar refractivity (Wildman–Crippen MR) is 83.5 cm³/mol. The molecule has 2 heterocycles. The van der Waals surface area contributed by atoms with E-state index >= 15 is 0 Å². The molecule has 8 heteroatoms. The summed E-state index contributed by atoms with van der Waals surface area (Å²) in [6, 6.07) is 5.83. The maximum atomic E-state index is 13.0. The average molecular weight is 337 g/mol. The highest BCUT2D eigenvalue weighted by Crippen LogP contribution is 2.29. The fourth-order valence-corrected chi connectivity index (χ4v) is 4.45. The quantitative estimate of drug-likeness (QED) is 0.880. The Kier molecular flexibility index (Phi) is 4.13. The van der Waals surface area contributed by atoms with E-state index in [1.165, 1.54) is 23.5 Å². The van der Waals surface area contributed by atoms with Crippen LogP contribution in [0.2, 0.25) is 0 Å². The summed E-state index contributed by atoms with van der Waals surface area (Å²) >= 11 is 0. The van der Waals surface area contributed by atoms with Crippen molar-refractivity contribution in [2.24, 2.45) is 7.05 Å². The van der Waals surface area contributed by atoms with Crippen LogP contribution in [0, 0.1) is 0 Å². The third kappa shape index (κ3) is 2.73. The number of aryl methyl sites for hydroxylation is 1. The maximum Gasteiger partial charge on any atom is 0.243 e. The Morgan fingerprint density at radius 1 is 1.43 bits per heavy atom. The normalized spacial score (nSPS) is 18.7. The van der Waals surface area contributed by atoms with Gasteiger partial charge in [0.25, 0.3) is 0 Å². The molecule has 1 aromatic heterocycles. The number of hydrogen-bond acceptors (Lipinski definition) is 5. The zero-order chi connectivity index (χ0) is 16.6. The monoisotopic (exact) mass is 337 g/mol. The van der Waals surface area contributed by atoms with Gasteiger partial charge in [0.1, 0.15) is 5.75 Å². The number of methoxy groups -OCH3 is 1. The first-order valence-corrected chi connectivity index (χ1v) is 8.67. The molecular formula is C15H19N3O4S. The van der Waals surface area contributed by atoms with Crippen LogP contribution >= 0.6 is 0 Å². The molecule has 3 rings (SSSR count). The Hall–Kier alpha value is -1.90. The van der Waals surface area contributed by atoms with Gasteiger partial charge < -0.3 is 14.4 Å². The molecule has 1 aliphatic rings. The summed E-state index contributed by atoms with van der Waals surface area (Å²) in [7, 11) is -0.388. The molecule has 0 spiro atoms. The van der Waals surface area contributed by atoms with Crippen LogP contribution in [0.15, 0.2) is 35.5 Å². The second-order valence-corrected chi connectivity index (χ2v) is 7.41. The van der Waals surface area contributed by atoms with Crippen LogP contribution in [0.3, 0.4) is 0 Å². The molecular weight excluding hydrogens is 318 g/mol. The standard InChI is InChI=1S/C15H19N3O4S/c1-17-10-16-14-8-18(11(9-19)6-15(14)17)23(20,21)13-5-3-4-12(7-13)22-2/h3-5,7,10-11,19H,6,8-9H2,1-2H3. The van der Waals surface area contributed by atoms with Crippen molar-refractivity contribution in [2.75, 3.05) is 13.7 Å². The van der Waals surface area contributed by atoms with E-state index in [-0.39, 0.29) is 18.0 Å². The summed E-state index contributed by atoms with van der Waals surface area (Å²) in [4.78, 5) is 4.41. The summed E-state index contributed by atoms with van der Waals surface area (Å²) in [5.74, 6) is 0.474. The van der Waals surface area contributed by atoms with E-state index in [0.717, 1.165) is 11.4 Å². The fraction of sp³-hybridized carbons (Fsp3) is 0.400. The van der Waals surface area contributed by atoms with Gasteiger partial charge in [0.05, 0.1) is 43.2 Å². The first-order chi connectivity index (χ1) is 11.0. The number of hydrogen-bond donors (Lipinski definition) is 1. The zero-order valence-corrected chi connectivity index (χ0v) is 13.8. The largest absolute Gasteiger partial charge is 0.497 e. The minimum absolute atomic E-state index is 0.148. The van der Waals surface area contributed by atoms with Crippen LogP contribution in [0.1, 0.15) is 11.4 Å². The number of benzene rings is 1. The van der Waals surface area contributed by atoms with Crippen molar-refractivity contribution in [1.82, 2.24) is 13.9 Å². The number of fused-ring (bicyclic) bond motifs is 1. The molecule has 0 saturated heterocycles. The van der Waals surface area contributed by atoms with Crippen molar-refractivity contribution in [3.05, 3.63) is 42.0 Å². The number of rotatable bonds is 4. The molecule has 0 bridgehead atoms. The van der Waals surface area contributed by atoms with E-state index in [4.69, 9.17) is 4.74 Å². The fourth-order valence-electron chi connectivity index (χ4n) is 2.83. The van der Waals surface area contributed by atoms with E-state index in [1.807, 2.05) is 11.6 Å². The van der Waals surface area contributed by atoms with Gasteiger partial charge in [-0.25, -0.2) is 13.4 Å². The van der Waals surface area contributed by atoms with Crippen molar-refractivity contribution >= 4 is 10.0 Å². The molecule has 1 aromatic carbocycles. The number of aromatic nitrogens is 2. The number of aliphatic hydroxyl groups is 1. The summed E-state index contributed by atoms with van der Waals surface area (Å²) < 4.78 is 34.2. The molecule has 0 fully saturated rings. The van der Waals surface area contributed by atoms with Gasteiger partial charge in [-0.1, -0.05) is 6.07 Å². The van der Waals surface area contributed by atoms with E-state index in [2.05, 4.69) is 4.98 Å². The molecule has 23 heavy (non-hydrogen) atoms. The molecule has 1 unspecified atom stereocenters. The van der Waals surface area contributed by atoms with Crippen molar-refractivity contribution in [3.63, 3.8) is 0 Å². The zero-order valence-electron chi connectivity index (χ0n) is 13.0. The third-order valence-electron chi connectivity index (χ3n) is 4.15. The Labute approximate surface area is 135 Å². The lowest BCUT2D eigenvalue weighted by Crippen LogP contribution is -2.46. The maximum absolute atomic E-state index is 13.0. The van der Waals surface area contributed by atoms with Crippen LogP contribution < -0.4 is 4.74 Å². The van der Waals surface area contributed by atoms with Crippen molar-refractivity contribution in [2.45, 2.75) is 23.9 Å². The number of sulfonamides is 1. The number of imidazole rings is 1. The lowest BCUT2D eigenvalue weighted by atomic mass is 10.1.